The highest BCUT2D eigenvalue weighted by molar-refractivity contribution is 7.09. The number of fused-ring (bicyclic) bond motifs is 1. The van der Waals surface area contributed by atoms with Gasteiger partial charge in [0.15, 0.2) is 11.6 Å². The van der Waals surface area contributed by atoms with E-state index in [1.165, 1.54) is 30.3 Å². The smallest absolute Gasteiger partial charge is 0.223 e. The van der Waals surface area contributed by atoms with Crippen LogP contribution in [-0.4, -0.2) is 36.5 Å². The molecule has 0 radical (unpaired) electrons. The number of nitrogens with zero attached hydrogens (tertiary/aromatic N) is 7. The van der Waals surface area contributed by atoms with Gasteiger partial charge in [-0.25, -0.2) is 19.3 Å². The van der Waals surface area contributed by atoms with E-state index in [4.69, 9.17) is 9.26 Å². The first kappa shape index (κ1) is 19.0. The summed E-state index contributed by atoms with van der Waals surface area (Å²) in [6.45, 7) is 1.66. The number of rotatable bonds is 5. The van der Waals surface area contributed by atoms with Gasteiger partial charge in [0.1, 0.15) is 24.2 Å². The second-order valence-corrected chi connectivity index (χ2v) is 7.27. The Balaban J connectivity index is 1.58. The number of aromatic nitrogens is 6. The molecule has 0 N–H and O–H groups in total. The van der Waals surface area contributed by atoms with Crippen molar-refractivity contribution < 1.29 is 13.7 Å². The minimum absolute atomic E-state index is 0.00136. The highest BCUT2D eigenvalue weighted by Crippen LogP contribution is 2.36. The van der Waals surface area contributed by atoms with Gasteiger partial charge in [-0.05, 0) is 30.3 Å². The number of aryl methyl sites for hydroxylation is 1. The maximum Gasteiger partial charge on any atom is 0.223 e. The lowest BCUT2D eigenvalue weighted by Gasteiger charge is -2.16. The molecule has 0 saturated heterocycles. The van der Waals surface area contributed by atoms with E-state index in [1.54, 1.807) is 37.3 Å². The van der Waals surface area contributed by atoms with Gasteiger partial charge in [-0.1, -0.05) is 11.2 Å². The third-order valence-corrected chi connectivity index (χ3v) is 5.24. The Morgan fingerprint density at radius 1 is 1.10 bits per heavy atom. The molecule has 0 aliphatic heterocycles. The average Bonchev–Trinajstić information content (AvgIpc) is 3.46. The third-order valence-electron chi connectivity index (χ3n) is 4.50. The van der Waals surface area contributed by atoms with E-state index >= 15 is 0 Å². The summed E-state index contributed by atoms with van der Waals surface area (Å²) >= 11 is 1.25. The van der Waals surface area contributed by atoms with Gasteiger partial charge in [-0.2, -0.15) is 9.36 Å². The predicted molar refractivity (Wildman–Crippen MR) is 112 cm³/mol. The standard InChI is InChI=1S/C20H14FN7O2S/c1-11-26-18(27-30-11)13-4-3-5-15(21)17(13)29-12-6-7-16-14(8-12)19(23-9-22-16)28(2)20-24-10-25-31-20/h3-10H,1-2H3. The van der Waals surface area contributed by atoms with Gasteiger partial charge in [0.25, 0.3) is 0 Å². The second-order valence-electron chi connectivity index (χ2n) is 6.51. The SMILES string of the molecule is Cc1nc(-c2cccc(F)c2Oc2ccc3ncnc(N(C)c4ncns4)c3c2)no1. The van der Waals surface area contributed by atoms with Crippen LogP contribution in [0.4, 0.5) is 15.3 Å². The first-order valence-corrected chi connectivity index (χ1v) is 9.89. The van der Waals surface area contributed by atoms with Crippen LogP contribution in [0, 0.1) is 12.7 Å². The molecular weight excluding hydrogens is 421 g/mol. The molecule has 0 bridgehead atoms. The molecule has 2 aromatic carbocycles. The van der Waals surface area contributed by atoms with E-state index in [0.29, 0.717) is 39.1 Å². The zero-order valence-corrected chi connectivity index (χ0v) is 17.2. The van der Waals surface area contributed by atoms with Crippen molar-refractivity contribution in [2.75, 3.05) is 11.9 Å². The number of halogens is 1. The fraction of sp³-hybridized carbons (Fsp3) is 0.100. The Morgan fingerprint density at radius 2 is 2.00 bits per heavy atom. The Labute approximate surface area is 179 Å². The molecule has 5 rings (SSSR count). The monoisotopic (exact) mass is 435 g/mol. The van der Waals surface area contributed by atoms with Crippen LogP contribution in [0.15, 0.2) is 53.6 Å². The van der Waals surface area contributed by atoms with E-state index in [1.807, 2.05) is 11.9 Å². The molecule has 0 saturated carbocycles. The highest BCUT2D eigenvalue weighted by Gasteiger charge is 2.18. The number of benzene rings is 2. The fourth-order valence-corrected chi connectivity index (χ4v) is 3.57. The number of para-hydroxylation sites is 1. The molecule has 0 aliphatic rings. The summed E-state index contributed by atoms with van der Waals surface area (Å²) in [6, 6.07) is 9.78. The molecule has 9 nitrogen and oxygen atoms in total. The topological polar surface area (TPSA) is 103 Å². The molecule has 0 amide bonds. The molecule has 0 aliphatic carbocycles. The van der Waals surface area contributed by atoms with Gasteiger partial charge in [0.2, 0.25) is 16.8 Å². The zero-order valence-electron chi connectivity index (χ0n) is 16.4. The summed E-state index contributed by atoms with van der Waals surface area (Å²) < 4.78 is 29.7. The van der Waals surface area contributed by atoms with Gasteiger partial charge in [-0.15, -0.1) is 0 Å². The van der Waals surface area contributed by atoms with E-state index in [9.17, 15) is 4.39 Å². The van der Waals surface area contributed by atoms with Gasteiger partial charge in [0, 0.05) is 30.9 Å². The summed E-state index contributed by atoms with van der Waals surface area (Å²) in [5, 5.41) is 5.26. The molecule has 11 heteroatoms. The van der Waals surface area contributed by atoms with Gasteiger partial charge in [-0.3, -0.25) is 0 Å². The summed E-state index contributed by atoms with van der Waals surface area (Å²) in [7, 11) is 1.84. The molecule has 0 spiro atoms. The second kappa shape index (κ2) is 7.69. The molecule has 0 atom stereocenters. The van der Waals surface area contributed by atoms with Gasteiger partial charge in [0.05, 0.1) is 11.1 Å². The molecule has 5 aromatic rings. The van der Waals surface area contributed by atoms with Crippen LogP contribution in [0.25, 0.3) is 22.3 Å². The molecular formula is C20H14FN7O2S. The lowest BCUT2D eigenvalue weighted by atomic mass is 10.1. The van der Waals surface area contributed by atoms with Crippen molar-refractivity contribution in [1.82, 2.24) is 29.5 Å². The molecule has 31 heavy (non-hydrogen) atoms. The largest absolute Gasteiger partial charge is 0.453 e. The first-order chi connectivity index (χ1) is 15.1. The average molecular weight is 435 g/mol. The van der Waals surface area contributed by atoms with Crippen LogP contribution < -0.4 is 9.64 Å². The van der Waals surface area contributed by atoms with Gasteiger partial charge < -0.3 is 14.2 Å². The Morgan fingerprint density at radius 3 is 2.77 bits per heavy atom. The zero-order chi connectivity index (χ0) is 21.4. The van der Waals surface area contributed by atoms with Crippen LogP contribution in [0.5, 0.6) is 11.5 Å². The molecule has 3 heterocycles. The Hall–Kier alpha value is -3.99. The summed E-state index contributed by atoms with van der Waals surface area (Å²) in [4.78, 5) is 18.9. The summed E-state index contributed by atoms with van der Waals surface area (Å²) in [6.07, 6.45) is 2.96. The third kappa shape index (κ3) is 3.55. The van der Waals surface area contributed by atoms with Crippen molar-refractivity contribution in [3.8, 4) is 22.9 Å². The fourth-order valence-electron chi connectivity index (χ4n) is 3.07. The number of hydrogen-bond donors (Lipinski definition) is 0. The Bertz CT molecular complexity index is 1370. The first-order valence-electron chi connectivity index (χ1n) is 9.12. The van der Waals surface area contributed by atoms with Crippen LogP contribution in [-0.2, 0) is 0 Å². The van der Waals surface area contributed by atoms with Crippen LogP contribution in [0.1, 0.15) is 5.89 Å². The minimum atomic E-state index is -0.546. The molecule has 154 valence electrons. The number of hydrogen-bond acceptors (Lipinski definition) is 10. The lowest BCUT2D eigenvalue weighted by molar-refractivity contribution is 0.393. The maximum atomic E-state index is 14.7. The predicted octanol–water partition coefficient (Wildman–Crippen LogP) is 4.54. The van der Waals surface area contributed by atoms with Crippen molar-refractivity contribution in [2.45, 2.75) is 6.92 Å². The van der Waals surface area contributed by atoms with Crippen LogP contribution in [0.3, 0.4) is 0 Å². The van der Waals surface area contributed by atoms with E-state index in [2.05, 4.69) is 29.5 Å². The quantitative estimate of drug-likeness (QED) is 0.393. The van der Waals surface area contributed by atoms with Gasteiger partial charge >= 0.3 is 0 Å². The van der Waals surface area contributed by atoms with Crippen molar-refractivity contribution >= 4 is 33.4 Å². The molecule has 0 unspecified atom stereocenters. The highest BCUT2D eigenvalue weighted by atomic mass is 32.1. The van der Waals surface area contributed by atoms with E-state index in [-0.39, 0.29) is 11.6 Å². The maximum absolute atomic E-state index is 14.7. The van der Waals surface area contributed by atoms with Crippen molar-refractivity contribution in [2.24, 2.45) is 0 Å². The Kier molecular flexibility index (Phi) is 4.71. The van der Waals surface area contributed by atoms with Crippen molar-refractivity contribution in [1.29, 1.82) is 0 Å². The van der Waals surface area contributed by atoms with E-state index in [0.717, 1.165) is 0 Å². The number of anilines is 2. The summed E-state index contributed by atoms with van der Waals surface area (Å²) in [5.41, 5.74) is 1.09. The normalized spacial score (nSPS) is 11.1. The van der Waals surface area contributed by atoms with Crippen LogP contribution >= 0.6 is 11.5 Å². The minimum Gasteiger partial charge on any atom is -0.453 e. The number of ether oxygens (including phenoxy) is 1. The van der Waals surface area contributed by atoms with Crippen molar-refractivity contribution in [3.05, 3.63) is 60.8 Å². The molecule has 0 fully saturated rings. The molecule has 3 aromatic heterocycles. The lowest BCUT2D eigenvalue weighted by Crippen LogP contribution is -2.11. The summed E-state index contributed by atoms with van der Waals surface area (Å²) in [5.74, 6) is 1.09. The van der Waals surface area contributed by atoms with E-state index < -0.39 is 5.82 Å². The van der Waals surface area contributed by atoms with Crippen LogP contribution in [0.2, 0.25) is 0 Å². The van der Waals surface area contributed by atoms with Crippen molar-refractivity contribution in [3.63, 3.8) is 0 Å².